The molecule has 0 rings (SSSR count). The van der Waals surface area contributed by atoms with Crippen molar-refractivity contribution in [1.29, 1.82) is 0 Å². The smallest absolute Gasteiger partial charge is 0.303 e. The fourth-order valence-corrected chi connectivity index (χ4v) is 6.85. The third-order valence-corrected chi connectivity index (χ3v) is 9.72. The highest BCUT2D eigenvalue weighted by Crippen LogP contribution is 2.38. The van der Waals surface area contributed by atoms with Gasteiger partial charge in [0.1, 0.15) is 0 Å². The molecule has 0 aliphatic rings. The molecule has 0 amide bonds. The molecule has 0 spiro atoms. The molecule has 0 bridgehead atoms. The third-order valence-electron chi connectivity index (χ3n) is 9.72. The van der Waals surface area contributed by atoms with Crippen molar-refractivity contribution in [2.75, 3.05) is 0 Å². The van der Waals surface area contributed by atoms with Gasteiger partial charge in [0.15, 0.2) is 0 Å². The summed E-state index contributed by atoms with van der Waals surface area (Å²) >= 11 is 0. The first kappa shape index (κ1) is 39.9. The Kier molecular flexibility index (Phi) is 28.3. The highest BCUT2D eigenvalue weighted by atomic mass is 16.4. The van der Waals surface area contributed by atoms with Crippen LogP contribution in [0.1, 0.15) is 201 Å². The summed E-state index contributed by atoms with van der Waals surface area (Å²) in [5.74, 6) is 1.57. The summed E-state index contributed by atoms with van der Waals surface area (Å²) < 4.78 is 0. The molecule has 0 saturated heterocycles. The van der Waals surface area contributed by atoms with Gasteiger partial charge >= 0.3 is 11.9 Å². The van der Waals surface area contributed by atoms with Crippen LogP contribution in [0.4, 0.5) is 0 Å². The number of hydrogen-bond acceptors (Lipinski definition) is 2. The van der Waals surface area contributed by atoms with Gasteiger partial charge in [-0.1, -0.05) is 163 Å². The Hall–Kier alpha value is -1.06. The second kappa shape index (κ2) is 29.0. The molecule has 4 heteroatoms. The van der Waals surface area contributed by atoms with Gasteiger partial charge in [-0.15, -0.1) is 0 Å². The Bertz CT molecular complexity index is 571. The number of aliphatic carboxylic acids is 2. The van der Waals surface area contributed by atoms with E-state index in [0.29, 0.717) is 24.7 Å². The first-order chi connectivity index (χ1) is 19.9. The Balaban J connectivity index is 4.58. The van der Waals surface area contributed by atoms with Gasteiger partial charge in [0.25, 0.3) is 0 Å². The number of carboxylic acid groups (broad SMARTS) is 2. The third kappa shape index (κ3) is 25.2. The number of hydrogen-bond donors (Lipinski definition) is 2. The van der Waals surface area contributed by atoms with Crippen LogP contribution in [0.2, 0.25) is 0 Å². The highest BCUT2D eigenvalue weighted by molar-refractivity contribution is 5.66. The van der Waals surface area contributed by atoms with Gasteiger partial charge in [0.05, 0.1) is 0 Å². The summed E-state index contributed by atoms with van der Waals surface area (Å²) in [6.45, 7) is 9.33. The average molecular weight is 581 g/mol. The van der Waals surface area contributed by atoms with E-state index in [4.69, 9.17) is 5.11 Å². The van der Waals surface area contributed by atoms with Crippen molar-refractivity contribution >= 4 is 11.9 Å². The molecule has 0 aromatic rings. The SMILES string of the molecule is CCCCC(CC)CC(CC(CC)CCCC)C(CCCCCCCCCCCCCCCC(=O)O)CCC(=O)O. The maximum Gasteiger partial charge on any atom is 0.303 e. The molecule has 0 aliphatic carbocycles. The van der Waals surface area contributed by atoms with E-state index in [-0.39, 0.29) is 0 Å². The van der Waals surface area contributed by atoms with Crippen LogP contribution < -0.4 is 0 Å². The Morgan fingerprint density at radius 3 is 1.20 bits per heavy atom. The molecule has 0 heterocycles. The van der Waals surface area contributed by atoms with Gasteiger partial charge in [0, 0.05) is 12.8 Å². The van der Waals surface area contributed by atoms with Gasteiger partial charge in [-0.2, -0.15) is 0 Å². The van der Waals surface area contributed by atoms with Crippen molar-refractivity contribution in [2.24, 2.45) is 23.7 Å². The van der Waals surface area contributed by atoms with Crippen LogP contribution in [-0.2, 0) is 9.59 Å². The van der Waals surface area contributed by atoms with Crippen LogP contribution in [0.25, 0.3) is 0 Å². The molecule has 3 unspecified atom stereocenters. The predicted molar refractivity (Wildman–Crippen MR) is 177 cm³/mol. The van der Waals surface area contributed by atoms with E-state index in [9.17, 15) is 14.7 Å². The van der Waals surface area contributed by atoms with E-state index in [1.807, 2.05) is 0 Å². The van der Waals surface area contributed by atoms with Crippen LogP contribution in [0.3, 0.4) is 0 Å². The second-order valence-corrected chi connectivity index (χ2v) is 13.3. The molecule has 0 aliphatic heterocycles. The normalized spacial score (nSPS) is 14.5. The lowest BCUT2D eigenvalue weighted by Gasteiger charge is -2.33. The number of unbranched alkanes of at least 4 members (excludes halogenated alkanes) is 14. The lowest BCUT2D eigenvalue weighted by Crippen LogP contribution is -2.23. The quantitative estimate of drug-likeness (QED) is 0.0776. The van der Waals surface area contributed by atoms with E-state index in [1.54, 1.807) is 0 Å². The number of rotatable bonds is 32. The summed E-state index contributed by atoms with van der Waals surface area (Å²) in [5.41, 5.74) is 0. The largest absolute Gasteiger partial charge is 0.481 e. The molecule has 2 N–H and O–H groups in total. The van der Waals surface area contributed by atoms with E-state index in [2.05, 4.69) is 27.7 Å². The molecule has 0 aromatic heterocycles. The molecule has 0 saturated carbocycles. The van der Waals surface area contributed by atoms with Crippen LogP contribution >= 0.6 is 0 Å². The molecule has 3 atom stereocenters. The second-order valence-electron chi connectivity index (χ2n) is 13.3. The minimum atomic E-state index is -0.668. The summed E-state index contributed by atoms with van der Waals surface area (Å²) in [6, 6.07) is 0. The lowest BCUT2D eigenvalue weighted by molar-refractivity contribution is -0.138. The zero-order chi connectivity index (χ0) is 30.6. The van der Waals surface area contributed by atoms with Crippen LogP contribution in [0, 0.1) is 23.7 Å². The van der Waals surface area contributed by atoms with Gasteiger partial charge in [-0.3, -0.25) is 9.59 Å². The van der Waals surface area contributed by atoms with E-state index in [0.717, 1.165) is 31.1 Å². The first-order valence-corrected chi connectivity index (χ1v) is 18.3. The lowest BCUT2D eigenvalue weighted by atomic mass is 9.72. The molecule has 0 radical (unpaired) electrons. The zero-order valence-electron chi connectivity index (χ0n) is 28.1. The fourth-order valence-electron chi connectivity index (χ4n) is 6.85. The number of carbonyl (C=O) groups is 2. The molecule has 41 heavy (non-hydrogen) atoms. The van der Waals surface area contributed by atoms with Crippen molar-refractivity contribution in [3.63, 3.8) is 0 Å². The maximum absolute atomic E-state index is 11.6. The number of carboxylic acids is 2. The van der Waals surface area contributed by atoms with E-state index in [1.165, 1.54) is 141 Å². The van der Waals surface area contributed by atoms with Crippen LogP contribution in [0.5, 0.6) is 0 Å². The highest BCUT2D eigenvalue weighted by Gasteiger charge is 2.27. The molecular formula is C37H72O4. The van der Waals surface area contributed by atoms with Crippen LogP contribution in [-0.4, -0.2) is 22.2 Å². The van der Waals surface area contributed by atoms with Crippen molar-refractivity contribution in [3.05, 3.63) is 0 Å². The van der Waals surface area contributed by atoms with Gasteiger partial charge in [-0.05, 0) is 49.4 Å². The molecule has 244 valence electrons. The fraction of sp³-hybridized carbons (Fsp3) is 0.946. The Morgan fingerprint density at radius 1 is 0.439 bits per heavy atom. The standard InChI is InChI=1S/C37H72O4/c1-5-9-24-32(7-3)30-35(31-33(8-4)25-10-6-2)34(28-29-37(40)41)26-22-20-18-16-14-12-11-13-15-17-19-21-23-27-36(38)39/h32-35H,5-31H2,1-4H3,(H,38,39)(H,40,41). The van der Waals surface area contributed by atoms with Gasteiger partial charge in [0.2, 0.25) is 0 Å². The summed E-state index contributed by atoms with van der Waals surface area (Å²) in [7, 11) is 0. The minimum Gasteiger partial charge on any atom is -0.481 e. The topological polar surface area (TPSA) is 74.6 Å². The minimum absolute atomic E-state index is 0.320. The maximum atomic E-state index is 11.6. The monoisotopic (exact) mass is 581 g/mol. The predicted octanol–water partition coefficient (Wildman–Crippen LogP) is 12.2. The summed E-state index contributed by atoms with van der Waals surface area (Å²) in [5, 5.41) is 18.2. The zero-order valence-corrected chi connectivity index (χ0v) is 28.1. The summed E-state index contributed by atoms with van der Waals surface area (Å²) in [6.07, 6.45) is 31.9. The molecule has 0 fully saturated rings. The average Bonchev–Trinajstić information content (AvgIpc) is 2.95. The molecule has 4 nitrogen and oxygen atoms in total. The van der Waals surface area contributed by atoms with Crippen molar-refractivity contribution in [2.45, 2.75) is 201 Å². The van der Waals surface area contributed by atoms with Crippen LogP contribution in [0.15, 0.2) is 0 Å². The molecular weight excluding hydrogens is 508 g/mol. The van der Waals surface area contributed by atoms with E-state index >= 15 is 0 Å². The van der Waals surface area contributed by atoms with Crippen molar-refractivity contribution in [1.82, 2.24) is 0 Å². The van der Waals surface area contributed by atoms with Crippen molar-refractivity contribution in [3.8, 4) is 0 Å². The Labute approximate surface area is 256 Å². The van der Waals surface area contributed by atoms with Crippen molar-refractivity contribution < 1.29 is 19.8 Å². The Morgan fingerprint density at radius 2 is 0.829 bits per heavy atom. The summed E-state index contributed by atoms with van der Waals surface area (Å²) in [4.78, 5) is 22.1. The first-order valence-electron chi connectivity index (χ1n) is 18.3. The van der Waals surface area contributed by atoms with Gasteiger partial charge in [-0.25, -0.2) is 0 Å². The van der Waals surface area contributed by atoms with Gasteiger partial charge < -0.3 is 10.2 Å². The van der Waals surface area contributed by atoms with E-state index < -0.39 is 11.9 Å². The molecule has 0 aromatic carbocycles.